The zero-order valence-electron chi connectivity index (χ0n) is 13.9. The van der Waals surface area contributed by atoms with Crippen molar-refractivity contribution in [1.29, 1.82) is 0 Å². The third kappa shape index (κ3) is 4.94. The highest BCUT2D eigenvalue weighted by Crippen LogP contribution is 2.20. The van der Waals surface area contributed by atoms with E-state index in [-0.39, 0.29) is 31.3 Å². The van der Waals surface area contributed by atoms with Gasteiger partial charge in [-0.1, -0.05) is 30.3 Å². The van der Waals surface area contributed by atoms with Gasteiger partial charge < -0.3 is 14.4 Å². The number of amides is 1. The number of carbonyl (C=O) groups excluding carboxylic acids is 1. The Balaban J connectivity index is 1.93. The number of hydrogen-bond donors (Lipinski definition) is 1. The third-order valence-corrected chi connectivity index (χ3v) is 3.67. The fraction of sp³-hybridized carbons (Fsp3) is 0.389. The van der Waals surface area contributed by atoms with Crippen molar-refractivity contribution in [2.45, 2.75) is 39.2 Å². The molecule has 0 unspecified atom stereocenters. The maximum atomic E-state index is 12.3. The Hall–Kier alpha value is -2.63. The van der Waals surface area contributed by atoms with E-state index in [2.05, 4.69) is 4.98 Å². The molecule has 1 aromatic carbocycles. The number of carboxylic acids is 1. The van der Waals surface area contributed by atoms with Gasteiger partial charge in [0.2, 0.25) is 5.91 Å². The van der Waals surface area contributed by atoms with E-state index >= 15 is 0 Å². The van der Waals surface area contributed by atoms with Crippen molar-refractivity contribution in [3.05, 3.63) is 42.4 Å². The van der Waals surface area contributed by atoms with E-state index in [0.29, 0.717) is 18.1 Å². The van der Waals surface area contributed by atoms with Crippen molar-refractivity contribution in [3.8, 4) is 11.3 Å². The third-order valence-electron chi connectivity index (χ3n) is 3.67. The smallest absolute Gasteiger partial charge is 0.305 e. The molecule has 1 heterocycles. The van der Waals surface area contributed by atoms with E-state index in [1.54, 1.807) is 11.1 Å². The van der Waals surface area contributed by atoms with Gasteiger partial charge in [0.05, 0.1) is 12.6 Å². The molecule has 0 atom stereocenters. The predicted octanol–water partition coefficient (Wildman–Crippen LogP) is 2.99. The van der Waals surface area contributed by atoms with Crippen LogP contribution in [0.5, 0.6) is 0 Å². The fourth-order valence-corrected chi connectivity index (χ4v) is 2.41. The molecule has 0 fully saturated rings. The van der Waals surface area contributed by atoms with E-state index in [0.717, 1.165) is 5.56 Å². The van der Waals surface area contributed by atoms with Gasteiger partial charge in [-0.15, -0.1) is 0 Å². The Morgan fingerprint density at radius 3 is 2.54 bits per heavy atom. The molecule has 1 amide bonds. The van der Waals surface area contributed by atoms with E-state index in [4.69, 9.17) is 9.52 Å². The first-order valence-corrected chi connectivity index (χ1v) is 7.98. The van der Waals surface area contributed by atoms with Crippen molar-refractivity contribution >= 4 is 11.9 Å². The number of carboxylic acid groups (broad SMARTS) is 1. The van der Waals surface area contributed by atoms with Crippen molar-refractivity contribution < 1.29 is 19.1 Å². The van der Waals surface area contributed by atoms with Gasteiger partial charge in [0.25, 0.3) is 0 Å². The van der Waals surface area contributed by atoms with Crippen molar-refractivity contribution in [2.75, 3.05) is 6.54 Å². The maximum Gasteiger partial charge on any atom is 0.305 e. The summed E-state index contributed by atoms with van der Waals surface area (Å²) in [6, 6.07) is 9.59. The summed E-state index contributed by atoms with van der Waals surface area (Å²) in [6.45, 7) is 3.96. The van der Waals surface area contributed by atoms with Gasteiger partial charge in [-0.25, -0.2) is 4.98 Å². The Morgan fingerprint density at radius 2 is 1.92 bits per heavy atom. The quantitative estimate of drug-likeness (QED) is 0.804. The Bertz CT molecular complexity index is 679. The van der Waals surface area contributed by atoms with Crippen LogP contribution in [0.25, 0.3) is 11.3 Å². The molecule has 6 nitrogen and oxygen atoms in total. The zero-order chi connectivity index (χ0) is 17.5. The second-order valence-electron chi connectivity index (χ2n) is 5.81. The summed E-state index contributed by atoms with van der Waals surface area (Å²) in [7, 11) is 0. The molecule has 0 aliphatic rings. The number of rotatable bonds is 8. The average molecular weight is 330 g/mol. The van der Waals surface area contributed by atoms with Crippen LogP contribution < -0.4 is 0 Å². The predicted molar refractivity (Wildman–Crippen MR) is 89.4 cm³/mol. The van der Waals surface area contributed by atoms with Crippen LogP contribution in [-0.4, -0.2) is 39.5 Å². The van der Waals surface area contributed by atoms with Gasteiger partial charge in [-0.05, 0) is 13.8 Å². The minimum absolute atomic E-state index is 0.0405. The molecule has 1 aromatic heterocycles. The molecule has 0 saturated carbocycles. The summed E-state index contributed by atoms with van der Waals surface area (Å²) in [5, 5.41) is 8.78. The summed E-state index contributed by atoms with van der Waals surface area (Å²) in [5.41, 5.74) is 0.938. The monoisotopic (exact) mass is 330 g/mol. The van der Waals surface area contributed by atoms with Crippen LogP contribution in [-0.2, 0) is 16.0 Å². The minimum atomic E-state index is -0.909. The van der Waals surface area contributed by atoms with E-state index < -0.39 is 5.97 Å². The van der Waals surface area contributed by atoms with Crippen LogP contribution in [0.4, 0.5) is 0 Å². The molecule has 0 spiro atoms. The largest absolute Gasteiger partial charge is 0.481 e. The number of hydrogen-bond acceptors (Lipinski definition) is 4. The molecule has 0 radical (unpaired) electrons. The highest BCUT2D eigenvalue weighted by atomic mass is 16.4. The molecule has 6 heteroatoms. The Morgan fingerprint density at radius 1 is 1.21 bits per heavy atom. The molecule has 2 rings (SSSR count). The lowest BCUT2D eigenvalue weighted by molar-refractivity contribution is -0.139. The van der Waals surface area contributed by atoms with Crippen LogP contribution >= 0.6 is 0 Å². The number of oxazole rings is 1. The Kier molecular flexibility index (Phi) is 6.12. The maximum absolute atomic E-state index is 12.3. The van der Waals surface area contributed by atoms with Crippen molar-refractivity contribution in [3.63, 3.8) is 0 Å². The summed E-state index contributed by atoms with van der Waals surface area (Å²) >= 11 is 0. The second kappa shape index (κ2) is 8.29. The average Bonchev–Trinajstić information content (AvgIpc) is 3.02. The first-order chi connectivity index (χ1) is 11.5. The van der Waals surface area contributed by atoms with Crippen LogP contribution in [0.1, 0.15) is 32.6 Å². The van der Waals surface area contributed by atoms with Gasteiger partial charge in [-0.3, -0.25) is 9.59 Å². The summed E-state index contributed by atoms with van der Waals surface area (Å²) in [4.78, 5) is 28.8. The van der Waals surface area contributed by atoms with Gasteiger partial charge >= 0.3 is 5.97 Å². The molecular weight excluding hydrogens is 308 g/mol. The molecule has 1 N–H and O–H groups in total. The van der Waals surface area contributed by atoms with E-state index in [1.165, 1.54) is 0 Å². The summed E-state index contributed by atoms with van der Waals surface area (Å²) in [6.07, 6.45) is 2.23. The standard InChI is InChI=1S/C18H22N2O4/c1-13(2)20(11-10-18(22)23)17(21)9-8-16-19-12-15(24-16)14-6-4-3-5-7-14/h3-7,12-13H,8-11H2,1-2H3,(H,22,23). The first kappa shape index (κ1) is 17.7. The van der Waals surface area contributed by atoms with Gasteiger partial charge in [0.1, 0.15) is 0 Å². The van der Waals surface area contributed by atoms with Gasteiger partial charge in [0.15, 0.2) is 11.7 Å². The lowest BCUT2D eigenvalue weighted by atomic mass is 10.2. The topological polar surface area (TPSA) is 83.6 Å². The highest BCUT2D eigenvalue weighted by Gasteiger charge is 2.18. The van der Waals surface area contributed by atoms with Crippen LogP contribution in [0, 0.1) is 0 Å². The van der Waals surface area contributed by atoms with Gasteiger partial charge in [-0.2, -0.15) is 0 Å². The molecule has 0 aliphatic carbocycles. The SMILES string of the molecule is CC(C)N(CCC(=O)O)C(=O)CCc1ncc(-c2ccccc2)o1. The molecule has 0 bridgehead atoms. The summed E-state index contributed by atoms with van der Waals surface area (Å²) < 4.78 is 5.68. The second-order valence-corrected chi connectivity index (χ2v) is 5.81. The number of benzene rings is 1. The van der Waals surface area contributed by atoms with E-state index in [1.807, 2.05) is 44.2 Å². The number of aryl methyl sites for hydroxylation is 1. The zero-order valence-corrected chi connectivity index (χ0v) is 13.9. The van der Waals surface area contributed by atoms with Crippen molar-refractivity contribution in [1.82, 2.24) is 9.88 Å². The molecule has 128 valence electrons. The molecular formula is C18H22N2O4. The molecule has 24 heavy (non-hydrogen) atoms. The number of aromatic nitrogens is 1. The van der Waals surface area contributed by atoms with E-state index in [9.17, 15) is 9.59 Å². The van der Waals surface area contributed by atoms with Crippen LogP contribution in [0.15, 0.2) is 40.9 Å². The Labute approximate surface area is 141 Å². The lowest BCUT2D eigenvalue weighted by Gasteiger charge is -2.26. The molecule has 0 saturated heterocycles. The normalized spacial score (nSPS) is 10.8. The number of nitrogens with zero attached hydrogens (tertiary/aromatic N) is 2. The number of carbonyl (C=O) groups is 2. The van der Waals surface area contributed by atoms with Crippen molar-refractivity contribution in [2.24, 2.45) is 0 Å². The molecule has 0 aliphatic heterocycles. The van der Waals surface area contributed by atoms with Crippen LogP contribution in [0.2, 0.25) is 0 Å². The molecule has 2 aromatic rings. The van der Waals surface area contributed by atoms with Crippen LogP contribution in [0.3, 0.4) is 0 Å². The van der Waals surface area contributed by atoms with Gasteiger partial charge in [0, 0.05) is 31.0 Å². The summed E-state index contributed by atoms with van der Waals surface area (Å²) in [5.74, 6) is 0.174. The number of aliphatic carboxylic acids is 1. The fourth-order valence-electron chi connectivity index (χ4n) is 2.41. The highest BCUT2D eigenvalue weighted by molar-refractivity contribution is 5.77. The minimum Gasteiger partial charge on any atom is -0.481 e. The lowest BCUT2D eigenvalue weighted by Crippen LogP contribution is -2.38. The first-order valence-electron chi connectivity index (χ1n) is 7.98.